The maximum atomic E-state index is 11.0. The lowest BCUT2D eigenvalue weighted by molar-refractivity contribution is 0.0640. The number of aliphatic hydroxyl groups is 2. The number of methoxy groups -OCH3 is 1. The van der Waals surface area contributed by atoms with Gasteiger partial charge >= 0.3 is 0 Å². The van der Waals surface area contributed by atoms with Crippen molar-refractivity contribution in [3.63, 3.8) is 0 Å². The Morgan fingerprint density at radius 1 is 1.28 bits per heavy atom. The van der Waals surface area contributed by atoms with Crippen molar-refractivity contribution >= 4 is 10.9 Å². The Kier molecular flexibility index (Phi) is 7.38. The maximum absolute atomic E-state index is 11.0. The fourth-order valence-corrected chi connectivity index (χ4v) is 4.49. The molecule has 1 aromatic carbocycles. The van der Waals surface area contributed by atoms with Crippen molar-refractivity contribution in [2.45, 2.75) is 25.4 Å². The molecule has 1 saturated heterocycles. The number of pyridine rings is 1. The fourth-order valence-electron chi connectivity index (χ4n) is 4.49. The van der Waals surface area contributed by atoms with Gasteiger partial charge in [0.1, 0.15) is 12.0 Å². The molecule has 0 radical (unpaired) electrons. The van der Waals surface area contributed by atoms with E-state index in [0.717, 1.165) is 48.1 Å². The van der Waals surface area contributed by atoms with Crippen LogP contribution in [0.1, 0.15) is 36.6 Å². The summed E-state index contributed by atoms with van der Waals surface area (Å²) in [6, 6.07) is 7.59. The number of nitrogens with zero attached hydrogens (tertiary/aromatic N) is 3. The molecule has 3 heterocycles. The number of oxazole rings is 1. The Morgan fingerprint density at radius 2 is 2.19 bits per heavy atom. The topological polar surface area (TPSA) is 91.9 Å². The number of hydrogen-bond donors (Lipinski definition) is 2. The molecule has 0 aliphatic carbocycles. The molecule has 7 nitrogen and oxygen atoms in total. The van der Waals surface area contributed by atoms with Crippen molar-refractivity contribution in [2.75, 3.05) is 33.4 Å². The van der Waals surface area contributed by atoms with Crippen LogP contribution >= 0.6 is 0 Å². The molecule has 0 spiro atoms. The number of hydrogen-bond acceptors (Lipinski definition) is 7. The first-order valence-corrected chi connectivity index (χ1v) is 11.0. The predicted octanol–water partition coefficient (Wildman–Crippen LogP) is 3.03. The van der Waals surface area contributed by atoms with E-state index in [1.807, 2.05) is 24.3 Å². The van der Waals surface area contributed by atoms with E-state index < -0.39 is 6.10 Å². The molecule has 3 aromatic rings. The monoisotopic (exact) mass is 435 g/mol. The van der Waals surface area contributed by atoms with E-state index in [0.29, 0.717) is 24.6 Å². The molecule has 0 bridgehead atoms. The smallest absolute Gasteiger partial charge is 0.181 e. The molecule has 3 atom stereocenters. The zero-order valence-electron chi connectivity index (χ0n) is 18.3. The molecule has 4 rings (SSSR count). The van der Waals surface area contributed by atoms with E-state index in [1.54, 1.807) is 13.3 Å². The van der Waals surface area contributed by atoms with Crippen LogP contribution in [0.4, 0.5) is 0 Å². The summed E-state index contributed by atoms with van der Waals surface area (Å²) in [7, 11) is 1.63. The molecule has 1 unspecified atom stereocenters. The van der Waals surface area contributed by atoms with Crippen LogP contribution in [0, 0.1) is 23.7 Å². The van der Waals surface area contributed by atoms with Crippen LogP contribution in [0.3, 0.4) is 0 Å². The van der Waals surface area contributed by atoms with Crippen LogP contribution in [0.15, 0.2) is 47.5 Å². The summed E-state index contributed by atoms with van der Waals surface area (Å²) < 4.78 is 10.3. The van der Waals surface area contributed by atoms with Gasteiger partial charge in [0, 0.05) is 24.7 Å². The number of likely N-dealkylation sites (tertiary alicyclic amines) is 1. The Bertz CT molecular complexity index is 1070. The van der Waals surface area contributed by atoms with Crippen molar-refractivity contribution in [3.05, 3.63) is 54.4 Å². The third kappa shape index (κ3) is 5.28. The molecule has 2 N–H and O–H groups in total. The SMILES string of the molecule is COc1ccc2nccc(C(O)CC[C@@H]3CCN(CC#Cc4cocn4)C[C@@H]3CO)c2c1. The third-order valence-electron chi connectivity index (χ3n) is 6.31. The van der Waals surface area contributed by atoms with E-state index in [9.17, 15) is 10.2 Å². The highest BCUT2D eigenvalue weighted by Gasteiger charge is 2.29. The quantitative estimate of drug-likeness (QED) is 0.551. The van der Waals surface area contributed by atoms with Gasteiger partial charge in [0.25, 0.3) is 0 Å². The van der Waals surface area contributed by atoms with Gasteiger partial charge in [-0.3, -0.25) is 9.88 Å². The van der Waals surface area contributed by atoms with Crippen molar-refractivity contribution in [3.8, 4) is 17.6 Å². The van der Waals surface area contributed by atoms with Gasteiger partial charge in [-0.25, -0.2) is 4.98 Å². The molecule has 1 aliphatic heterocycles. The lowest BCUT2D eigenvalue weighted by Gasteiger charge is -2.37. The van der Waals surface area contributed by atoms with Gasteiger partial charge in [-0.1, -0.05) is 5.92 Å². The Morgan fingerprint density at radius 3 is 2.97 bits per heavy atom. The van der Waals surface area contributed by atoms with Crippen LogP contribution in [0.2, 0.25) is 0 Å². The Hall–Kier alpha value is -2.92. The van der Waals surface area contributed by atoms with Gasteiger partial charge in [0.2, 0.25) is 0 Å². The number of rotatable bonds is 7. The molecule has 0 amide bonds. The van der Waals surface area contributed by atoms with Gasteiger partial charge in [0.05, 0.1) is 25.3 Å². The first-order valence-electron chi connectivity index (χ1n) is 11.0. The number of aromatic nitrogens is 2. The van der Waals surface area contributed by atoms with Gasteiger partial charge in [-0.2, -0.15) is 0 Å². The molecule has 2 aromatic heterocycles. The summed E-state index contributed by atoms with van der Waals surface area (Å²) in [5.41, 5.74) is 2.35. The predicted molar refractivity (Wildman–Crippen MR) is 121 cm³/mol. The summed E-state index contributed by atoms with van der Waals surface area (Å²) in [4.78, 5) is 10.7. The first-order chi connectivity index (χ1) is 15.7. The Balaban J connectivity index is 1.35. The molecule has 7 heteroatoms. The standard InChI is InChI=1S/C25H29N3O4/c1-31-21-5-6-24-23(13-21)22(8-10-26-24)25(30)7-4-18-9-12-28(14-19(18)15-29)11-2-3-20-16-32-17-27-20/h5-6,8,10,13,16-19,25,29-30H,4,7,9,11-12,14-15H2,1H3/t18-,19-,25?/m1/s1. The van der Waals surface area contributed by atoms with Crippen LogP contribution in [-0.2, 0) is 0 Å². The summed E-state index contributed by atoms with van der Waals surface area (Å²) >= 11 is 0. The maximum Gasteiger partial charge on any atom is 0.181 e. The highest BCUT2D eigenvalue weighted by molar-refractivity contribution is 5.83. The third-order valence-corrected chi connectivity index (χ3v) is 6.31. The molecule has 168 valence electrons. The van der Waals surface area contributed by atoms with Crippen molar-refractivity contribution in [2.24, 2.45) is 11.8 Å². The number of fused-ring (bicyclic) bond motifs is 1. The number of benzene rings is 1. The fraction of sp³-hybridized carbons (Fsp3) is 0.440. The molecule has 0 saturated carbocycles. The zero-order chi connectivity index (χ0) is 22.3. The number of aliphatic hydroxyl groups excluding tert-OH is 2. The Labute approximate surface area is 188 Å². The molecular weight excluding hydrogens is 406 g/mol. The van der Waals surface area contributed by atoms with Crippen LogP contribution in [-0.4, -0.2) is 58.4 Å². The minimum absolute atomic E-state index is 0.142. The summed E-state index contributed by atoms with van der Waals surface area (Å²) in [5, 5.41) is 21.8. The molecule has 1 aliphatic rings. The number of ether oxygens (including phenoxy) is 1. The average Bonchev–Trinajstić information content (AvgIpc) is 3.35. The summed E-state index contributed by atoms with van der Waals surface area (Å²) in [5.74, 6) is 7.42. The summed E-state index contributed by atoms with van der Waals surface area (Å²) in [6.07, 6.45) is 6.54. The van der Waals surface area contributed by atoms with Crippen LogP contribution in [0.5, 0.6) is 5.75 Å². The molecule has 32 heavy (non-hydrogen) atoms. The van der Waals surface area contributed by atoms with Crippen LogP contribution in [0.25, 0.3) is 10.9 Å². The van der Waals surface area contributed by atoms with E-state index in [4.69, 9.17) is 9.15 Å². The van der Waals surface area contributed by atoms with E-state index in [1.165, 1.54) is 12.7 Å². The van der Waals surface area contributed by atoms with Gasteiger partial charge in [0.15, 0.2) is 12.1 Å². The molecular formula is C25H29N3O4. The van der Waals surface area contributed by atoms with Crippen molar-refractivity contribution in [1.29, 1.82) is 0 Å². The second kappa shape index (κ2) is 10.6. The van der Waals surface area contributed by atoms with E-state index in [-0.39, 0.29) is 12.5 Å². The number of piperidine rings is 1. The zero-order valence-corrected chi connectivity index (χ0v) is 18.3. The highest BCUT2D eigenvalue weighted by Crippen LogP contribution is 2.33. The normalized spacial score (nSPS) is 20.0. The van der Waals surface area contributed by atoms with E-state index >= 15 is 0 Å². The van der Waals surface area contributed by atoms with Gasteiger partial charge < -0.3 is 19.4 Å². The second-order valence-electron chi connectivity index (χ2n) is 8.28. The van der Waals surface area contributed by atoms with E-state index in [2.05, 4.69) is 26.7 Å². The van der Waals surface area contributed by atoms with Gasteiger partial charge in [-0.05, 0) is 73.4 Å². The lowest BCUT2D eigenvalue weighted by Crippen LogP contribution is -2.42. The minimum atomic E-state index is -0.585. The second-order valence-corrected chi connectivity index (χ2v) is 8.28. The van der Waals surface area contributed by atoms with Gasteiger partial charge in [-0.15, -0.1) is 0 Å². The lowest BCUT2D eigenvalue weighted by atomic mass is 9.81. The van der Waals surface area contributed by atoms with Crippen molar-refractivity contribution in [1.82, 2.24) is 14.9 Å². The highest BCUT2D eigenvalue weighted by atomic mass is 16.5. The minimum Gasteiger partial charge on any atom is -0.497 e. The van der Waals surface area contributed by atoms with Crippen molar-refractivity contribution < 1.29 is 19.4 Å². The summed E-state index contributed by atoms with van der Waals surface area (Å²) in [6.45, 7) is 2.52. The first kappa shape index (κ1) is 22.3. The largest absolute Gasteiger partial charge is 0.497 e. The van der Waals surface area contributed by atoms with Crippen LogP contribution < -0.4 is 4.74 Å². The molecule has 1 fully saturated rings. The average molecular weight is 436 g/mol.